The minimum atomic E-state index is 0.589. The minimum absolute atomic E-state index is 0.589. The lowest BCUT2D eigenvalue weighted by atomic mass is 10.1. The van der Waals surface area contributed by atoms with Crippen molar-refractivity contribution in [2.45, 2.75) is 45.6 Å². The van der Waals surface area contributed by atoms with Crippen molar-refractivity contribution in [3.05, 3.63) is 29.8 Å². The van der Waals surface area contributed by atoms with Gasteiger partial charge in [-0.25, -0.2) is 0 Å². The maximum Gasteiger partial charge on any atom is 0.119 e. The van der Waals surface area contributed by atoms with E-state index >= 15 is 0 Å². The highest BCUT2D eigenvalue weighted by molar-refractivity contribution is 5.27. The largest absolute Gasteiger partial charge is 0.492 e. The molecule has 21 heavy (non-hydrogen) atoms. The van der Waals surface area contributed by atoms with Gasteiger partial charge in [-0.05, 0) is 69.9 Å². The van der Waals surface area contributed by atoms with Crippen molar-refractivity contribution in [2.24, 2.45) is 0 Å². The first-order valence-corrected chi connectivity index (χ1v) is 8.45. The van der Waals surface area contributed by atoms with Crippen LogP contribution in [0.5, 0.6) is 5.75 Å². The fraction of sp³-hybridized carbons (Fsp3) is 0.667. The number of nitrogens with one attached hydrogen (secondary N) is 1. The van der Waals surface area contributed by atoms with Crippen LogP contribution < -0.4 is 10.1 Å². The topological polar surface area (TPSA) is 24.5 Å². The van der Waals surface area contributed by atoms with Crippen LogP contribution in [0.15, 0.2) is 24.3 Å². The predicted molar refractivity (Wildman–Crippen MR) is 89.1 cm³/mol. The molecule has 1 aliphatic heterocycles. The summed E-state index contributed by atoms with van der Waals surface area (Å²) >= 11 is 0. The molecule has 0 aliphatic carbocycles. The Bertz CT molecular complexity index is 385. The maximum atomic E-state index is 5.83. The second-order valence-corrected chi connectivity index (χ2v) is 6.04. The number of rotatable bonds is 9. The van der Waals surface area contributed by atoms with Gasteiger partial charge in [-0.3, -0.25) is 4.90 Å². The average molecular weight is 290 g/mol. The van der Waals surface area contributed by atoms with E-state index in [9.17, 15) is 0 Å². The number of hydrogen-bond donors (Lipinski definition) is 1. The fourth-order valence-corrected chi connectivity index (χ4v) is 2.88. The van der Waals surface area contributed by atoms with Gasteiger partial charge in [-0.1, -0.05) is 19.1 Å². The summed E-state index contributed by atoms with van der Waals surface area (Å²) in [7, 11) is 0. The summed E-state index contributed by atoms with van der Waals surface area (Å²) in [6.07, 6.45) is 5.01. The van der Waals surface area contributed by atoms with E-state index in [0.29, 0.717) is 6.04 Å². The zero-order chi connectivity index (χ0) is 14.9. The number of aryl methyl sites for hydroxylation is 1. The Morgan fingerprint density at radius 1 is 1.19 bits per heavy atom. The van der Waals surface area contributed by atoms with Gasteiger partial charge < -0.3 is 10.1 Å². The molecule has 1 aromatic carbocycles. The van der Waals surface area contributed by atoms with Crippen LogP contribution in [0.2, 0.25) is 0 Å². The van der Waals surface area contributed by atoms with Gasteiger partial charge >= 0.3 is 0 Å². The van der Waals surface area contributed by atoms with Crippen molar-refractivity contribution < 1.29 is 4.74 Å². The quantitative estimate of drug-likeness (QED) is 0.756. The van der Waals surface area contributed by atoms with E-state index < -0.39 is 0 Å². The Morgan fingerprint density at radius 2 is 1.90 bits per heavy atom. The van der Waals surface area contributed by atoms with Gasteiger partial charge in [0.15, 0.2) is 0 Å². The molecule has 118 valence electrons. The molecule has 1 N–H and O–H groups in total. The summed E-state index contributed by atoms with van der Waals surface area (Å²) in [6, 6.07) is 9.20. The number of ether oxygens (including phenoxy) is 1. The molecule has 0 amide bonds. The lowest BCUT2D eigenvalue weighted by molar-refractivity contribution is 0.238. The van der Waals surface area contributed by atoms with Crippen LogP contribution in [-0.4, -0.2) is 43.7 Å². The Labute approximate surface area is 129 Å². The van der Waals surface area contributed by atoms with Crippen molar-refractivity contribution in [1.82, 2.24) is 10.2 Å². The molecule has 0 spiro atoms. The normalized spacial score (nSPS) is 17.0. The molecule has 1 fully saturated rings. The highest BCUT2D eigenvalue weighted by atomic mass is 16.5. The van der Waals surface area contributed by atoms with Gasteiger partial charge in [-0.2, -0.15) is 0 Å². The van der Waals surface area contributed by atoms with Crippen LogP contribution >= 0.6 is 0 Å². The second-order valence-electron chi connectivity index (χ2n) is 6.04. The molecule has 1 aliphatic rings. The lowest BCUT2D eigenvalue weighted by Gasteiger charge is -2.15. The monoisotopic (exact) mass is 290 g/mol. The lowest BCUT2D eigenvalue weighted by Crippen LogP contribution is -2.25. The molecule has 2 rings (SSSR count). The van der Waals surface area contributed by atoms with Gasteiger partial charge in [0, 0.05) is 12.6 Å². The molecule has 0 radical (unpaired) electrons. The van der Waals surface area contributed by atoms with Crippen LogP contribution in [-0.2, 0) is 6.42 Å². The Morgan fingerprint density at radius 3 is 2.57 bits per heavy atom. The van der Waals surface area contributed by atoms with Crippen LogP contribution in [0, 0.1) is 0 Å². The van der Waals surface area contributed by atoms with Crippen molar-refractivity contribution in [2.75, 3.05) is 32.8 Å². The van der Waals surface area contributed by atoms with Gasteiger partial charge in [0.2, 0.25) is 0 Å². The molecule has 1 saturated heterocycles. The minimum Gasteiger partial charge on any atom is -0.492 e. The fourth-order valence-electron chi connectivity index (χ4n) is 2.88. The van der Waals surface area contributed by atoms with Crippen LogP contribution in [0.4, 0.5) is 0 Å². The first kappa shape index (κ1) is 16.3. The van der Waals surface area contributed by atoms with E-state index in [1.54, 1.807) is 0 Å². The van der Waals surface area contributed by atoms with Gasteiger partial charge in [0.25, 0.3) is 0 Å². The molecule has 0 saturated carbocycles. The number of benzene rings is 1. The third-order valence-electron chi connectivity index (χ3n) is 4.22. The summed E-state index contributed by atoms with van der Waals surface area (Å²) in [5, 5.41) is 3.45. The summed E-state index contributed by atoms with van der Waals surface area (Å²) in [5.74, 6) is 0.998. The first-order valence-electron chi connectivity index (χ1n) is 8.45. The average Bonchev–Trinajstić information content (AvgIpc) is 3.00. The third-order valence-corrected chi connectivity index (χ3v) is 4.22. The van der Waals surface area contributed by atoms with E-state index in [-0.39, 0.29) is 0 Å². The Hall–Kier alpha value is -1.06. The number of hydrogen-bond acceptors (Lipinski definition) is 3. The van der Waals surface area contributed by atoms with E-state index in [0.717, 1.165) is 31.9 Å². The highest BCUT2D eigenvalue weighted by Crippen LogP contribution is 2.14. The molecule has 3 heteroatoms. The van der Waals surface area contributed by atoms with Gasteiger partial charge in [0.05, 0.1) is 0 Å². The van der Waals surface area contributed by atoms with Crippen molar-refractivity contribution >= 4 is 0 Å². The third kappa shape index (κ3) is 6.06. The molecular weight excluding hydrogens is 260 g/mol. The first-order chi connectivity index (χ1) is 10.3. The number of likely N-dealkylation sites (tertiary alicyclic amines) is 1. The zero-order valence-electron chi connectivity index (χ0n) is 13.6. The van der Waals surface area contributed by atoms with E-state index in [1.807, 2.05) is 0 Å². The zero-order valence-corrected chi connectivity index (χ0v) is 13.6. The SMILES string of the molecule is CCNC(C)CCc1ccc(OCCN2CCCC2)cc1. The van der Waals surface area contributed by atoms with Crippen molar-refractivity contribution in [3.8, 4) is 5.75 Å². The summed E-state index contributed by atoms with van der Waals surface area (Å²) in [5.41, 5.74) is 1.40. The molecule has 1 atom stereocenters. The van der Waals surface area contributed by atoms with Crippen LogP contribution in [0.25, 0.3) is 0 Å². The molecule has 3 nitrogen and oxygen atoms in total. The maximum absolute atomic E-state index is 5.83. The van der Waals surface area contributed by atoms with E-state index in [1.165, 1.54) is 37.9 Å². The second kappa shape index (κ2) is 9.06. The molecule has 1 aromatic rings. The van der Waals surface area contributed by atoms with Crippen molar-refractivity contribution in [1.29, 1.82) is 0 Å². The highest BCUT2D eigenvalue weighted by Gasteiger charge is 2.10. The van der Waals surface area contributed by atoms with E-state index in [2.05, 4.69) is 48.3 Å². The van der Waals surface area contributed by atoms with Crippen LogP contribution in [0.1, 0.15) is 38.7 Å². The smallest absolute Gasteiger partial charge is 0.119 e. The Kier molecular flexibility index (Phi) is 7.04. The standard InChI is InChI=1S/C18H30N2O/c1-3-19-16(2)6-7-17-8-10-18(11-9-17)21-15-14-20-12-4-5-13-20/h8-11,16,19H,3-7,12-15H2,1-2H3. The number of nitrogens with zero attached hydrogens (tertiary/aromatic N) is 1. The molecule has 0 bridgehead atoms. The summed E-state index contributed by atoms with van der Waals surface area (Å²) < 4.78 is 5.83. The summed E-state index contributed by atoms with van der Waals surface area (Å²) in [4.78, 5) is 2.48. The summed E-state index contributed by atoms with van der Waals surface area (Å²) in [6.45, 7) is 9.80. The molecule has 1 heterocycles. The van der Waals surface area contributed by atoms with Crippen LogP contribution in [0.3, 0.4) is 0 Å². The van der Waals surface area contributed by atoms with Gasteiger partial charge in [0.1, 0.15) is 12.4 Å². The molecule has 1 unspecified atom stereocenters. The Balaban J connectivity index is 1.66. The molecular formula is C18H30N2O. The predicted octanol–water partition coefficient (Wildman–Crippen LogP) is 3.09. The van der Waals surface area contributed by atoms with Gasteiger partial charge in [-0.15, -0.1) is 0 Å². The van der Waals surface area contributed by atoms with E-state index in [4.69, 9.17) is 4.74 Å². The molecule has 0 aromatic heterocycles. The van der Waals surface area contributed by atoms with Crippen molar-refractivity contribution in [3.63, 3.8) is 0 Å².